The van der Waals surface area contributed by atoms with E-state index in [1.54, 1.807) is 0 Å². The molecule has 0 bridgehead atoms. The van der Waals surface area contributed by atoms with Gasteiger partial charge in [-0.3, -0.25) is 0 Å². The highest BCUT2D eigenvalue weighted by molar-refractivity contribution is 9.11. The second-order valence-corrected chi connectivity index (χ2v) is 4.80. The molecule has 0 fully saturated rings. The van der Waals surface area contributed by atoms with E-state index in [2.05, 4.69) is 28.1 Å². The smallest absolute Gasteiger partial charge is 0.125 e. The molecule has 1 nitrogen and oxygen atoms in total. The molecule has 0 aliphatic heterocycles. The largest absolute Gasteiger partial charge is 0.507 e. The Balaban J connectivity index is 2.43. The zero-order chi connectivity index (χ0) is 10.8. The number of rotatable bonds is 1. The normalized spacial score (nSPS) is 15.9. The first-order valence-corrected chi connectivity index (χ1v) is 5.82. The van der Waals surface area contributed by atoms with E-state index in [0.29, 0.717) is 5.75 Å². The summed E-state index contributed by atoms with van der Waals surface area (Å²) in [7, 11) is 0. The molecule has 1 N–H and O–H groups in total. The van der Waals surface area contributed by atoms with Gasteiger partial charge >= 0.3 is 0 Å². The highest BCUT2D eigenvalue weighted by Gasteiger charge is 2.11. The monoisotopic (exact) mass is 264 g/mol. The molecule has 0 amide bonds. The van der Waals surface area contributed by atoms with E-state index in [1.165, 1.54) is 10.1 Å². The van der Waals surface area contributed by atoms with Crippen LogP contribution in [0.5, 0.6) is 5.75 Å². The van der Waals surface area contributed by atoms with Gasteiger partial charge in [0.05, 0.1) is 0 Å². The first kappa shape index (κ1) is 10.5. The van der Waals surface area contributed by atoms with E-state index in [9.17, 15) is 5.11 Å². The third-order valence-electron chi connectivity index (χ3n) is 2.68. The zero-order valence-corrected chi connectivity index (χ0v) is 10.2. The van der Waals surface area contributed by atoms with Gasteiger partial charge in [0.25, 0.3) is 0 Å². The Morgan fingerprint density at radius 1 is 1.20 bits per heavy atom. The SMILES string of the molecule is Cc1cccc(C2=CC=C(Br)CC2)c1O. The van der Waals surface area contributed by atoms with Crippen LogP contribution < -0.4 is 0 Å². The Hall–Kier alpha value is -1.02. The van der Waals surface area contributed by atoms with Crippen LogP contribution in [0.1, 0.15) is 24.0 Å². The van der Waals surface area contributed by atoms with Crippen molar-refractivity contribution in [3.8, 4) is 5.75 Å². The highest BCUT2D eigenvalue weighted by atomic mass is 79.9. The lowest BCUT2D eigenvalue weighted by Crippen LogP contribution is -1.91. The molecular formula is C13H13BrO. The molecule has 0 aromatic heterocycles. The number of allylic oxidation sites excluding steroid dienone is 4. The molecule has 0 saturated carbocycles. The molecule has 0 radical (unpaired) electrons. The Kier molecular flexibility index (Phi) is 2.96. The predicted octanol–water partition coefficient (Wildman–Crippen LogP) is 4.16. The lowest BCUT2D eigenvalue weighted by Gasteiger charge is -2.13. The number of aromatic hydroxyl groups is 1. The summed E-state index contributed by atoms with van der Waals surface area (Å²) in [6.07, 6.45) is 6.12. The van der Waals surface area contributed by atoms with Crippen molar-refractivity contribution < 1.29 is 5.11 Å². The Labute approximate surface area is 98.3 Å². The quantitative estimate of drug-likeness (QED) is 0.808. The van der Waals surface area contributed by atoms with Gasteiger partial charge in [0.1, 0.15) is 5.75 Å². The minimum Gasteiger partial charge on any atom is -0.507 e. The molecule has 2 heteroatoms. The van der Waals surface area contributed by atoms with Crippen LogP contribution in [0.4, 0.5) is 0 Å². The maximum Gasteiger partial charge on any atom is 0.125 e. The molecule has 2 rings (SSSR count). The van der Waals surface area contributed by atoms with Crippen molar-refractivity contribution in [1.82, 2.24) is 0 Å². The number of hydrogen-bond donors (Lipinski definition) is 1. The molecule has 78 valence electrons. The highest BCUT2D eigenvalue weighted by Crippen LogP contribution is 2.34. The van der Waals surface area contributed by atoms with E-state index >= 15 is 0 Å². The molecule has 1 aliphatic rings. The Morgan fingerprint density at radius 2 is 2.00 bits per heavy atom. The van der Waals surface area contributed by atoms with Gasteiger partial charge in [-0.1, -0.05) is 46.3 Å². The number of aryl methyl sites for hydroxylation is 1. The van der Waals surface area contributed by atoms with Crippen molar-refractivity contribution in [2.75, 3.05) is 0 Å². The molecule has 1 aromatic rings. The third kappa shape index (κ3) is 2.15. The fourth-order valence-corrected chi connectivity index (χ4v) is 2.08. The lowest BCUT2D eigenvalue weighted by molar-refractivity contribution is 0.469. The average molecular weight is 265 g/mol. The van der Waals surface area contributed by atoms with Crippen LogP contribution in [0.2, 0.25) is 0 Å². The summed E-state index contributed by atoms with van der Waals surface area (Å²) in [5.74, 6) is 0.412. The van der Waals surface area contributed by atoms with E-state index in [4.69, 9.17) is 0 Å². The Morgan fingerprint density at radius 3 is 2.67 bits per heavy atom. The van der Waals surface area contributed by atoms with Crippen LogP contribution in [0.3, 0.4) is 0 Å². The molecule has 1 aliphatic carbocycles. The molecule has 1 aromatic carbocycles. The van der Waals surface area contributed by atoms with Gasteiger partial charge < -0.3 is 5.11 Å². The summed E-state index contributed by atoms with van der Waals surface area (Å²) >= 11 is 3.48. The van der Waals surface area contributed by atoms with Gasteiger partial charge in [-0.05, 0) is 35.4 Å². The van der Waals surface area contributed by atoms with Crippen LogP contribution in [0, 0.1) is 6.92 Å². The van der Waals surface area contributed by atoms with Crippen LogP contribution in [-0.2, 0) is 0 Å². The first-order valence-electron chi connectivity index (χ1n) is 5.02. The zero-order valence-electron chi connectivity index (χ0n) is 8.63. The minimum absolute atomic E-state index is 0.412. The van der Waals surface area contributed by atoms with Gasteiger partial charge in [-0.25, -0.2) is 0 Å². The van der Waals surface area contributed by atoms with Crippen molar-refractivity contribution in [3.63, 3.8) is 0 Å². The van der Waals surface area contributed by atoms with Gasteiger partial charge in [0, 0.05) is 5.56 Å². The fraction of sp³-hybridized carbons (Fsp3) is 0.231. The third-order valence-corrected chi connectivity index (χ3v) is 3.34. The number of hydrogen-bond acceptors (Lipinski definition) is 1. The molecule has 0 saturated heterocycles. The summed E-state index contributed by atoms with van der Waals surface area (Å²) in [4.78, 5) is 0. The van der Waals surface area contributed by atoms with Crippen molar-refractivity contribution in [2.45, 2.75) is 19.8 Å². The molecule has 15 heavy (non-hydrogen) atoms. The fourth-order valence-electron chi connectivity index (χ4n) is 1.75. The van der Waals surface area contributed by atoms with Crippen LogP contribution in [0.15, 0.2) is 34.8 Å². The van der Waals surface area contributed by atoms with Gasteiger partial charge in [0.15, 0.2) is 0 Å². The summed E-state index contributed by atoms with van der Waals surface area (Å²) in [6, 6.07) is 5.88. The second kappa shape index (κ2) is 4.23. The first-order chi connectivity index (χ1) is 7.18. The average Bonchev–Trinajstić information content (AvgIpc) is 2.24. The van der Waals surface area contributed by atoms with E-state index in [0.717, 1.165) is 24.0 Å². The van der Waals surface area contributed by atoms with Crippen molar-refractivity contribution in [1.29, 1.82) is 0 Å². The van der Waals surface area contributed by atoms with Gasteiger partial charge in [-0.2, -0.15) is 0 Å². The number of para-hydroxylation sites is 1. The summed E-state index contributed by atoms with van der Waals surface area (Å²) in [5.41, 5.74) is 3.10. The standard InChI is InChI=1S/C13H13BrO/c1-9-3-2-4-12(13(9)15)10-5-7-11(14)8-6-10/h2-5,7,15H,6,8H2,1H3. The van der Waals surface area contributed by atoms with E-state index in [-0.39, 0.29) is 0 Å². The lowest BCUT2D eigenvalue weighted by atomic mass is 9.95. The van der Waals surface area contributed by atoms with Crippen LogP contribution in [0.25, 0.3) is 5.57 Å². The van der Waals surface area contributed by atoms with Crippen molar-refractivity contribution in [2.24, 2.45) is 0 Å². The maximum absolute atomic E-state index is 9.94. The topological polar surface area (TPSA) is 20.2 Å². The number of phenolic OH excluding ortho intramolecular Hbond substituents is 1. The Bertz CT molecular complexity index is 444. The summed E-state index contributed by atoms with van der Waals surface area (Å²) in [5, 5.41) is 9.94. The van der Waals surface area contributed by atoms with E-state index in [1.807, 2.05) is 25.1 Å². The number of phenols is 1. The molecule has 0 spiro atoms. The minimum atomic E-state index is 0.412. The molecule has 0 unspecified atom stereocenters. The second-order valence-electron chi connectivity index (χ2n) is 3.78. The number of halogens is 1. The molecule has 0 heterocycles. The van der Waals surface area contributed by atoms with Crippen molar-refractivity contribution >= 4 is 21.5 Å². The number of benzene rings is 1. The van der Waals surface area contributed by atoms with Crippen molar-refractivity contribution in [3.05, 3.63) is 46.0 Å². The summed E-state index contributed by atoms with van der Waals surface area (Å²) in [6.45, 7) is 1.92. The van der Waals surface area contributed by atoms with Gasteiger partial charge in [-0.15, -0.1) is 0 Å². The molecular weight excluding hydrogens is 252 g/mol. The summed E-state index contributed by atoms with van der Waals surface area (Å²) < 4.78 is 1.22. The predicted molar refractivity (Wildman–Crippen MR) is 67.1 cm³/mol. The van der Waals surface area contributed by atoms with E-state index < -0.39 is 0 Å². The van der Waals surface area contributed by atoms with Gasteiger partial charge in [0.2, 0.25) is 0 Å². The van der Waals surface area contributed by atoms with Crippen LogP contribution >= 0.6 is 15.9 Å². The maximum atomic E-state index is 9.94. The van der Waals surface area contributed by atoms with Crippen LogP contribution in [-0.4, -0.2) is 5.11 Å². The molecule has 0 atom stereocenters.